The fourth-order valence-electron chi connectivity index (χ4n) is 3.78. The zero-order chi connectivity index (χ0) is 23.4. The maximum absolute atomic E-state index is 13.8. The number of carbonyl (C=O) groups is 2. The van der Waals surface area contributed by atoms with E-state index in [0.29, 0.717) is 29.9 Å². The molecule has 166 valence electrons. The van der Waals surface area contributed by atoms with E-state index in [0.717, 1.165) is 11.1 Å². The highest BCUT2D eigenvalue weighted by Crippen LogP contribution is 2.29. The molecule has 0 fully saturated rings. The van der Waals surface area contributed by atoms with Crippen LogP contribution in [0.3, 0.4) is 0 Å². The van der Waals surface area contributed by atoms with Gasteiger partial charge in [0.1, 0.15) is 17.7 Å². The van der Waals surface area contributed by atoms with Crippen LogP contribution in [0.2, 0.25) is 0 Å². The van der Waals surface area contributed by atoms with Crippen LogP contribution in [-0.4, -0.2) is 24.5 Å². The number of benzene rings is 3. The van der Waals surface area contributed by atoms with Gasteiger partial charge in [-0.3, -0.25) is 4.79 Å². The molecule has 0 unspecified atom stereocenters. The fourth-order valence-corrected chi connectivity index (χ4v) is 3.78. The van der Waals surface area contributed by atoms with Crippen molar-refractivity contribution < 1.29 is 18.4 Å². The van der Waals surface area contributed by atoms with Crippen molar-refractivity contribution in [2.75, 3.05) is 16.8 Å². The summed E-state index contributed by atoms with van der Waals surface area (Å²) in [5.74, 6) is -1.26. The molecule has 0 saturated heterocycles. The maximum Gasteiger partial charge on any atom is 0.319 e. The third kappa shape index (κ3) is 5.15. The maximum atomic E-state index is 13.8. The Morgan fingerprint density at radius 2 is 1.70 bits per heavy atom. The third-order valence-electron chi connectivity index (χ3n) is 5.44. The third-order valence-corrected chi connectivity index (χ3v) is 5.44. The summed E-state index contributed by atoms with van der Waals surface area (Å²) in [4.78, 5) is 27.5. The Kier molecular flexibility index (Phi) is 6.31. The summed E-state index contributed by atoms with van der Waals surface area (Å²) < 4.78 is 27.0. The molecule has 1 heterocycles. The number of halogens is 2. The molecule has 3 aromatic rings. The van der Waals surface area contributed by atoms with Crippen LogP contribution in [0.5, 0.6) is 0 Å². The SMILES string of the molecule is N#Cc1ccc(C[C@H](NC(=O)Nc2ccc(F)cc2)C(=O)N2CCc3ccc(F)cc32)cc1. The van der Waals surface area contributed by atoms with E-state index in [4.69, 9.17) is 5.26 Å². The summed E-state index contributed by atoms with van der Waals surface area (Å²) in [6.45, 7) is 0.378. The lowest BCUT2D eigenvalue weighted by molar-refractivity contribution is -0.120. The van der Waals surface area contributed by atoms with Crippen LogP contribution in [0.4, 0.5) is 25.0 Å². The second-order valence-corrected chi connectivity index (χ2v) is 7.68. The topological polar surface area (TPSA) is 85.2 Å². The van der Waals surface area contributed by atoms with Crippen molar-refractivity contribution in [3.63, 3.8) is 0 Å². The monoisotopic (exact) mass is 446 g/mol. The van der Waals surface area contributed by atoms with Gasteiger partial charge in [-0.1, -0.05) is 18.2 Å². The van der Waals surface area contributed by atoms with Crippen molar-refractivity contribution in [1.82, 2.24) is 5.32 Å². The quantitative estimate of drug-likeness (QED) is 0.617. The van der Waals surface area contributed by atoms with E-state index in [2.05, 4.69) is 10.6 Å². The Balaban J connectivity index is 1.56. The highest BCUT2D eigenvalue weighted by molar-refractivity contribution is 6.02. The normalized spacial score (nSPS) is 13.1. The number of amides is 3. The lowest BCUT2D eigenvalue weighted by Crippen LogP contribution is -2.50. The fraction of sp³-hybridized carbons (Fsp3) is 0.160. The number of hydrogen-bond acceptors (Lipinski definition) is 3. The molecule has 4 rings (SSSR count). The molecule has 0 spiro atoms. The van der Waals surface area contributed by atoms with Crippen molar-refractivity contribution in [2.24, 2.45) is 0 Å². The average Bonchev–Trinajstić information content (AvgIpc) is 3.23. The highest BCUT2D eigenvalue weighted by atomic mass is 19.1. The molecular formula is C25H20F2N4O2. The number of anilines is 2. The van der Waals surface area contributed by atoms with E-state index in [1.807, 2.05) is 6.07 Å². The Hall–Kier alpha value is -4.25. The van der Waals surface area contributed by atoms with Gasteiger partial charge in [0.15, 0.2) is 0 Å². The van der Waals surface area contributed by atoms with Gasteiger partial charge in [-0.05, 0) is 66.1 Å². The number of nitriles is 1. The van der Waals surface area contributed by atoms with Gasteiger partial charge in [0.2, 0.25) is 5.91 Å². The van der Waals surface area contributed by atoms with Gasteiger partial charge in [-0.15, -0.1) is 0 Å². The molecule has 0 saturated carbocycles. The van der Waals surface area contributed by atoms with E-state index < -0.39 is 23.7 Å². The van der Waals surface area contributed by atoms with Gasteiger partial charge in [-0.25, -0.2) is 13.6 Å². The molecule has 1 aliphatic rings. The van der Waals surface area contributed by atoms with Crippen LogP contribution in [0.1, 0.15) is 16.7 Å². The first-order valence-corrected chi connectivity index (χ1v) is 10.3. The summed E-state index contributed by atoms with van der Waals surface area (Å²) in [5, 5.41) is 14.3. The number of nitrogens with one attached hydrogen (secondary N) is 2. The Labute approximate surface area is 189 Å². The first-order valence-electron chi connectivity index (χ1n) is 10.3. The number of nitrogens with zero attached hydrogens (tertiary/aromatic N) is 2. The lowest BCUT2D eigenvalue weighted by Gasteiger charge is -2.25. The van der Waals surface area contributed by atoms with Crippen LogP contribution in [0, 0.1) is 23.0 Å². The largest absolute Gasteiger partial charge is 0.326 e. The van der Waals surface area contributed by atoms with Crippen LogP contribution in [0.25, 0.3) is 0 Å². The van der Waals surface area contributed by atoms with Crippen LogP contribution in [-0.2, 0) is 17.6 Å². The van der Waals surface area contributed by atoms with Crippen molar-refractivity contribution in [3.05, 3.63) is 95.1 Å². The first-order chi connectivity index (χ1) is 15.9. The van der Waals surface area contributed by atoms with Crippen molar-refractivity contribution in [3.8, 4) is 6.07 Å². The minimum atomic E-state index is -0.951. The molecule has 0 bridgehead atoms. The van der Waals surface area contributed by atoms with Crippen LogP contribution >= 0.6 is 0 Å². The zero-order valence-corrected chi connectivity index (χ0v) is 17.5. The van der Waals surface area contributed by atoms with Gasteiger partial charge >= 0.3 is 6.03 Å². The van der Waals surface area contributed by atoms with Crippen molar-refractivity contribution >= 4 is 23.3 Å². The van der Waals surface area contributed by atoms with Gasteiger partial charge in [0.05, 0.1) is 11.6 Å². The number of urea groups is 1. The van der Waals surface area contributed by atoms with Crippen LogP contribution < -0.4 is 15.5 Å². The average molecular weight is 446 g/mol. The smallest absolute Gasteiger partial charge is 0.319 e. The van der Waals surface area contributed by atoms with E-state index in [1.165, 1.54) is 41.3 Å². The van der Waals surface area contributed by atoms with Gasteiger partial charge in [-0.2, -0.15) is 5.26 Å². The van der Waals surface area contributed by atoms with Gasteiger partial charge in [0.25, 0.3) is 0 Å². The molecule has 1 atom stereocenters. The number of carbonyl (C=O) groups excluding carboxylic acids is 2. The second kappa shape index (κ2) is 9.49. The molecule has 33 heavy (non-hydrogen) atoms. The van der Waals surface area contributed by atoms with E-state index >= 15 is 0 Å². The summed E-state index contributed by atoms with van der Waals surface area (Å²) in [7, 11) is 0. The molecule has 8 heteroatoms. The predicted molar refractivity (Wildman–Crippen MR) is 120 cm³/mol. The van der Waals surface area contributed by atoms with E-state index in [1.54, 1.807) is 30.3 Å². The highest BCUT2D eigenvalue weighted by Gasteiger charge is 2.31. The molecule has 0 aromatic heterocycles. The number of hydrogen-bond donors (Lipinski definition) is 2. The summed E-state index contributed by atoms with van der Waals surface area (Å²) in [6.07, 6.45) is 0.759. The summed E-state index contributed by atoms with van der Waals surface area (Å²) in [5.41, 5.74) is 2.94. The van der Waals surface area contributed by atoms with Crippen molar-refractivity contribution in [1.29, 1.82) is 5.26 Å². The van der Waals surface area contributed by atoms with Gasteiger partial charge < -0.3 is 15.5 Å². The molecule has 0 radical (unpaired) electrons. The Bertz CT molecular complexity index is 1220. The van der Waals surface area contributed by atoms with E-state index in [-0.39, 0.29) is 12.3 Å². The minimum absolute atomic E-state index is 0.169. The number of rotatable bonds is 5. The second-order valence-electron chi connectivity index (χ2n) is 7.68. The Morgan fingerprint density at radius 3 is 2.39 bits per heavy atom. The summed E-state index contributed by atoms with van der Waals surface area (Å²) >= 11 is 0. The van der Waals surface area contributed by atoms with Crippen molar-refractivity contribution in [2.45, 2.75) is 18.9 Å². The number of fused-ring (bicyclic) bond motifs is 1. The molecule has 1 aliphatic heterocycles. The van der Waals surface area contributed by atoms with E-state index in [9.17, 15) is 18.4 Å². The molecule has 0 aliphatic carbocycles. The predicted octanol–water partition coefficient (Wildman–Crippen LogP) is 4.16. The molecule has 3 amide bonds. The molecule has 6 nitrogen and oxygen atoms in total. The molecule has 3 aromatic carbocycles. The minimum Gasteiger partial charge on any atom is -0.326 e. The first kappa shape index (κ1) is 22.0. The van der Waals surface area contributed by atoms with Gasteiger partial charge in [0, 0.05) is 24.3 Å². The van der Waals surface area contributed by atoms with Crippen LogP contribution in [0.15, 0.2) is 66.7 Å². The standard InChI is InChI=1S/C25H20F2N4O2/c26-19-7-9-21(10-8-19)29-25(33)30-22(13-16-1-3-17(15-28)4-2-16)24(32)31-12-11-18-5-6-20(27)14-23(18)31/h1-10,14,22H,11-13H2,(H2,29,30,33)/t22-/m0/s1. The Morgan fingerprint density at radius 1 is 1.00 bits per heavy atom. The zero-order valence-electron chi connectivity index (χ0n) is 17.5. The molecule has 2 N–H and O–H groups in total. The molecular weight excluding hydrogens is 426 g/mol. The lowest BCUT2D eigenvalue weighted by atomic mass is 10.0. The summed E-state index contributed by atoms with van der Waals surface area (Å²) in [6, 6.07) is 16.7.